The van der Waals surface area contributed by atoms with E-state index in [2.05, 4.69) is 5.32 Å². The second-order valence-electron chi connectivity index (χ2n) is 6.90. The highest BCUT2D eigenvalue weighted by molar-refractivity contribution is 6.30. The molecule has 26 heavy (non-hydrogen) atoms. The van der Waals surface area contributed by atoms with Gasteiger partial charge in [0.2, 0.25) is 5.91 Å². The number of carboxylic acids is 1. The number of anilines is 1. The number of nitrogens with one attached hydrogen (secondary N) is 1. The molecule has 0 aromatic heterocycles. The molecule has 0 aliphatic heterocycles. The van der Waals surface area contributed by atoms with Crippen molar-refractivity contribution in [2.45, 2.75) is 38.0 Å². The van der Waals surface area contributed by atoms with Gasteiger partial charge in [-0.3, -0.25) is 4.79 Å². The van der Waals surface area contributed by atoms with E-state index in [1.165, 1.54) is 5.56 Å². The fraction of sp³-hybridized carbons (Fsp3) is 0.333. The van der Waals surface area contributed by atoms with E-state index in [4.69, 9.17) is 16.7 Å². The van der Waals surface area contributed by atoms with Crippen LogP contribution in [0.4, 0.5) is 5.69 Å². The van der Waals surface area contributed by atoms with Gasteiger partial charge in [-0.2, -0.15) is 0 Å². The third-order valence-electron chi connectivity index (χ3n) is 5.08. The van der Waals surface area contributed by atoms with Crippen molar-refractivity contribution in [2.75, 3.05) is 5.32 Å². The summed E-state index contributed by atoms with van der Waals surface area (Å²) in [6, 6.07) is 14.3. The molecule has 0 unspecified atom stereocenters. The molecule has 0 bridgehead atoms. The van der Waals surface area contributed by atoms with Gasteiger partial charge in [-0.1, -0.05) is 23.7 Å². The molecule has 1 aliphatic rings. The first-order valence-corrected chi connectivity index (χ1v) is 9.28. The number of aromatic carboxylic acids is 1. The molecule has 1 fully saturated rings. The molecule has 0 radical (unpaired) electrons. The average Bonchev–Trinajstić information content (AvgIpc) is 2.64. The van der Waals surface area contributed by atoms with Gasteiger partial charge < -0.3 is 10.4 Å². The zero-order valence-corrected chi connectivity index (χ0v) is 15.2. The van der Waals surface area contributed by atoms with Crippen LogP contribution in [-0.4, -0.2) is 17.0 Å². The Balaban J connectivity index is 1.48. The van der Waals surface area contributed by atoms with E-state index >= 15 is 0 Å². The molecule has 1 aliphatic carbocycles. The van der Waals surface area contributed by atoms with Gasteiger partial charge in [0.1, 0.15) is 0 Å². The normalized spacial score (nSPS) is 19.7. The second kappa shape index (κ2) is 8.37. The van der Waals surface area contributed by atoms with Crippen LogP contribution in [0, 0.1) is 5.92 Å². The highest BCUT2D eigenvalue weighted by Gasteiger charge is 2.24. The fourth-order valence-electron chi connectivity index (χ4n) is 3.61. The predicted molar refractivity (Wildman–Crippen MR) is 103 cm³/mol. The Morgan fingerprint density at radius 1 is 0.962 bits per heavy atom. The van der Waals surface area contributed by atoms with Gasteiger partial charge >= 0.3 is 5.97 Å². The van der Waals surface area contributed by atoms with Crippen LogP contribution in [0.5, 0.6) is 0 Å². The molecule has 4 nitrogen and oxygen atoms in total. The Morgan fingerprint density at radius 2 is 1.58 bits per heavy atom. The number of benzene rings is 2. The topological polar surface area (TPSA) is 66.4 Å². The van der Waals surface area contributed by atoms with Crippen LogP contribution < -0.4 is 5.32 Å². The van der Waals surface area contributed by atoms with E-state index in [1.807, 2.05) is 12.1 Å². The summed E-state index contributed by atoms with van der Waals surface area (Å²) >= 11 is 5.85. The predicted octanol–water partition coefficient (Wildman–Crippen LogP) is 5.34. The van der Waals surface area contributed by atoms with Gasteiger partial charge in [0.25, 0.3) is 0 Å². The Bertz CT molecular complexity index is 763. The smallest absolute Gasteiger partial charge is 0.335 e. The van der Waals surface area contributed by atoms with Crippen LogP contribution in [0.3, 0.4) is 0 Å². The molecule has 2 aromatic carbocycles. The van der Waals surface area contributed by atoms with Crippen molar-refractivity contribution in [2.24, 2.45) is 5.92 Å². The van der Waals surface area contributed by atoms with Gasteiger partial charge in [-0.25, -0.2) is 4.79 Å². The number of amides is 1. The molecular formula is C21H22ClNO3. The Kier molecular flexibility index (Phi) is 5.94. The van der Waals surface area contributed by atoms with Gasteiger partial charge in [0.05, 0.1) is 5.56 Å². The fourth-order valence-corrected chi connectivity index (χ4v) is 3.73. The van der Waals surface area contributed by atoms with Crippen LogP contribution in [-0.2, 0) is 4.79 Å². The lowest BCUT2D eigenvalue weighted by Crippen LogP contribution is -2.20. The highest BCUT2D eigenvalue weighted by Crippen LogP contribution is 2.37. The molecule has 1 amide bonds. The number of halogens is 1. The number of rotatable bonds is 5. The van der Waals surface area contributed by atoms with E-state index in [0.29, 0.717) is 28.8 Å². The van der Waals surface area contributed by atoms with Crippen molar-refractivity contribution in [1.82, 2.24) is 0 Å². The molecule has 0 heterocycles. The van der Waals surface area contributed by atoms with Crippen molar-refractivity contribution >= 4 is 29.2 Å². The van der Waals surface area contributed by atoms with Crippen molar-refractivity contribution in [3.63, 3.8) is 0 Å². The summed E-state index contributed by atoms with van der Waals surface area (Å²) in [4.78, 5) is 23.2. The van der Waals surface area contributed by atoms with Gasteiger partial charge in [-0.15, -0.1) is 0 Å². The van der Waals surface area contributed by atoms with Crippen LogP contribution in [0.2, 0.25) is 5.02 Å². The van der Waals surface area contributed by atoms with E-state index < -0.39 is 5.97 Å². The third kappa shape index (κ3) is 4.85. The van der Waals surface area contributed by atoms with Crippen molar-refractivity contribution in [3.05, 3.63) is 64.7 Å². The maximum atomic E-state index is 12.2. The van der Waals surface area contributed by atoms with Gasteiger partial charge in [0, 0.05) is 17.1 Å². The van der Waals surface area contributed by atoms with E-state index in [9.17, 15) is 9.59 Å². The van der Waals surface area contributed by atoms with Crippen LogP contribution >= 0.6 is 11.6 Å². The standard InChI is InChI=1S/C21H22ClNO3/c22-18-9-11-19(12-10-18)23-20(24)13-14-1-3-15(4-2-14)16-5-7-17(8-6-16)21(25)26/h5-12,14-15H,1-4,13H2,(H,23,24)(H,25,26)/t14-,15-. The minimum absolute atomic E-state index is 0.0431. The molecule has 2 aromatic rings. The highest BCUT2D eigenvalue weighted by atomic mass is 35.5. The Morgan fingerprint density at radius 3 is 2.15 bits per heavy atom. The zero-order chi connectivity index (χ0) is 18.5. The first kappa shape index (κ1) is 18.5. The Labute approximate surface area is 158 Å². The van der Waals surface area contributed by atoms with E-state index in [-0.39, 0.29) is 5.91 Å². The molecule has 0 atom stereocenters. The molecule has 0 spiro atoms. The third-order valence-corrected chi connectivity index (χ3v) is 5.33. The number of carboxylic acid groups (broad SMARTS) is 1. The monoisotopic (exact) mass is 371 g/mol. The summed E-state index contributed by atoms with van der Waals surface area (Å²) in [5.41, 5.74) is 2.28. The molecule has 1 saturated carbocycles. The lowest BCUT2D eigenvalue weighted by molar-refractivity contribution is -0.117. The first-order chi connectivity index (χ1) is 12.5. The summed E-state index contributed by atoms with van der Waals surface area (Å²) in [5, 5.41) is 12.6. The molecule has 2 N–H and O–H groups in total. The van der Waals surface area contributed by atoms with E-state index in [1.54, 1.807) is 36.4 Å². The molecular weight excluding hydrogens is 350 g/mol. The second-order valence-corrected chi connectivity index (χ2v) is 7.34. The molecule has 0 saturated heterocycles. The Hall–Kier alpha value is -2.33. The summed E-state index contributed by atoms with van der Waals surface area (Å²) in [7, 11) is 0. The number of hydrogen-bond acceptors (Lipinski definition) is 2. The first-order valence-electron chi connectivity index (χ1n) is 8.90. The minimum Gasteiger partial charge on any atom is -0.478 e. The number of carbonyl (C=O) groups excluding carboxylic acids is 1. The molecule has 3 rings (SSSR count). The largest absolute Gasteiger partial charge is 0.478 e. The summed E-state index contributed by atoms with van der Waals surface area (Å²) < 4.78 is 0. The quantitative estimate of drug-likeness (QED) is 0.745. The van der Waals surface area contributed by atoms with Gasteiger partial charge in [0.15, 0.2) is 0 Å². The lowest BCUT2D eigenvalue weighted by atomic mass is 9.77. The van der Waals surface area contributed by atoms with Crippen LogP contribution in [0.15, 0.2) is 48.5 Å². The minimum atomic E-state index is -0.896. The summed E-state index contributed by atoms with van der Waals surface area (Å²) in [5.74, 6) is -0.00111. The van der Waals surface area contributed by atoms with Gasteiger partial charge in [-0.05, 0) is 79.5 Å². The molecule has 5 heteroatoms. The van der Waals surface area contributed by atoms with Crippen LogP contribution in [0.25, 0.3) is 0 Å². The van der Waals surface area contributed by atoms with Crippen LogP contribution in [0.1, 0.15) is 53.9 Å². The summed E-state index contributed by atoms with van der Waals surface area (Å²) in [6.07, 6.45) is 4.63. The van der Waals surface area contributed by atoms with Crippen molar-refractivity contribution < 1.29 is 14.7 Å². The maximum absolute atomic E-state index is 12.2. The van der Waals surface area contributed by atoms with Crippen molar-refractivity contribution in [3.8, 4) is 0 Å². The summed E-state index contributed by atoms with van der Waals surface area (Å²) in [6.45, 7) is 0. The lowest BCUT2D eigenvalue weighted by Gasteiger charge is -2.28. The zero-order valence-electron chi connectivity index (χ0n) is 14.5. The SMILES string of the molecule is O=C(C[C@H]1CC[C@H](c2ccc(C(=O)O)cc2)CC1)Nc1ccc(Cl)cc1. The van der Waals surface area contributed by atoms with Crippen molar-refractivity contribution in [1.29, 1.82) is 0 Å². The molecule has 136 valence electrons. The maximum Gasteiger partial charge on any atom is 0.335 e. The van der Waals surface area contributed by atoms with E-state index in [0.717, 1.165) is 31.4 Å². The number of hydrogen-bond donors (Lipinski definition) is 2. The average molecular weight is 372 g/mol. The number of carbonyl (C=O) groups is 2.